The Kier molecular flexibility index (Phi) is 7.35. The highest BCUT2D eigenvalue weighted by molar-refractivity contribution is 5.85. The number of nitrogens with one attached hydrogen (secondary N) is 1. The number of aryl methyl sites for hydroxylation is 1. The molecule has 0 bridgehead atoms. The minimum absolute atomic E-state index is 0. The van der Waals surface area contributed by atoms with Crippen molar-refractivity contribution in [2.45, 2.75) is 46.7 Å². The SMILES string of the molecule is CCC(C)C(C)NCc1cccnc1C.Cl. The fourth-order valence-electron chi connectivity index (χ4n) is 1.53. The molecular formula is C13H23ClN2. The van der Waals surface area contributed by atoms with Crippen LogP contribution in [0.15, 0.2) is 18.3 Å². The Labute approximate surface area is 105 Å². The number of rotatable bonds is 5. The zero-order valence-corrected chi connectivity index (χ0v) is 11.5. The van der Waals surface area contributed by atoms with Crippen LogP contribution >= 0.6 is 12.4 Å². The van der Waals surface area contributed by atoms with E-state index in [2.05, 4.69) is 44.1 Å². The van der Waals surface area contributed by atoms with Crippen LogP contribution in [0.4, 0.5) is 0 Å². The quantitative estimate of drug-likeness (QED) is 0.857. The van der Waals surface area contributed by atoms with Crippen molar-refractivity contribution in [2.75, 3.05) is 0 Å². The molecule has 0 aliphatic rings. The minimum atomic E-state index is 0. The lowest BCUT2D eigenvalue weighted by molar-refractivity contribution is 0.389. The molecule has 0 fully saturated rings. The lowest BCUT2D eigenvalue weighted by Crippen LogP contribution is -2.31. The molecule has 3 heteroatoms. The smallest absolute Gasteiger partial charge is 0.0417 e. The monoisotopic (exact) mass is 242 g/mol. The number of pyridine rings is 1. The molecule has 0 amide bonds. The van der Waals surface area contributed by atoms with Gasteiger partial charge in [-0.05, 0) is 31.4 Å². The van der Waals surface area contributed by atoms with Crippen LogP contribution in [0.25, 0.3) is 0 Å². The number of aromatic nitrogens is 1. The molecule has 92 valence electrons. The van der Waals surface area contributed by atoms with E-state index in [1.165, 1.54) is 12.0 Å². The van der Waals surface area contributed by atoms with Gasteiger partial charge in [-0.15, -0.1) is 12.4 Å². The van der Waals surface area contributed by atoms with Crippen molar-refractivity contribution in [3.63, 3.8) is 0 Å². The van der Waals surface area contributed by atoms with Crippen molar-refractivity contribution >= 4 is 12.4 Å². The van der Waals surface area contributed by atoms with Gasteiger partial charge in [-0.1, -0.05) is 26.3 Å². The van der Waals surface area contributed by atoms with Gasteiger partial charge in [-0.25, -0.2) is 0 Å². The zero-order valence-electron chi connectivity index (χ0n) is 10.7. The molecule has 1 aromatic heterocycles. The van der Waals surface area contributed by atoms with Crippen LogP contribution in [-0.2, 0) is 6.54 Å². The third-order valence-electron chi connectivity index (χ3n) is 3.23. The molecule has 1 heterocycles. The van der Waals surface area contributed by atoms with Gasteiger partial charge in [0.05, 0.1) is 0 Å². The Hall–Kier alpha value is -0.600. The Balaban J connectivity index is 0.00000225. The van der Waals surface area contributed by atoms with Crippen molar-refractivity contribution in [3.05, 3.63) is 29.6 Å². The van der Waals surface area contributed by atoms with Gasteiger partial charge < -0.3 is 5.32 Å². The highest BCUT2D eigenvalue weighted by atomic mass is 35.5. The maximum absolute atomic E-state index is 4.28. The summed E-state index contributed by atoms with van der Waals surface area (Å²) < 4.78 is 0. The fraction of sp³-hybridized carbons (Fsp3) is 0.615. The summed E-state index contributed by atoms with van der Waals surface area (Å²) in [6.45, 7) is 9.75. The Morgan fingerprint density at radius 1 is 1.38 bits per heavy atom. The standard InChI is InChI=1S/C13H22N2.ClH/c1-5-10(2)11(3)15-9-13-7-6-8-14-12(13)4;/h6-8,10-11,15H,5,9H2,1-4H3;1H. The molecule has 16 heavy (non-hydrogen) atoms. The largest absolute Gasteiger partial charge is 0.310 e. The van der Waals surface area contributed by atoms with E-state index < -0.39 is 0 Å². The summed E-state index contributed by atoms with van der Waals surface area (Å²) >= 11 is 0. The van der Waals surface area contributed by atoms with E-state index >= 15 is 0 Å². The first-order chi connectivity index (χ1) is 7.15. The number of nitrogens with zero attached hydrogens (tertiary/aromatic N) is 1. The second-order valence-corrected chi connectivity index (χ2v) is 4.30. The summed E-state index contributed by atoms with van der Waals surface area (Å²) in [7, 11) is 0. The van der Waals surface area contributed by atoms with Crippen LogP contribution in [0.3, 0.4) is 0 Å². The molecule has 2 nitrogen and oxygen atoms in total. The maximum atomic E-state index is 4.28. The van der Waals surface area contributed by atoms with Crippen LogP contribution < -0.4 is 5.32 Å². The van der Waals surface area contributed by atoms with Crippen LogP contribution in [0.2, 0.25) is 0 Å². The van der Waals surface area contributed by atoms with Crippen molar-refractivity contribution < 1.29 is 0 Å². The fourth-order valence-corrected chi connectivity index (χ4v) is 1.53. The zero-order chi connectivity index (χ0) is 11.3. The van der Waals surface area contributed by atoms with E-state index in [1.54, 1.807) is 0 Å². The van der Waals surface area contributed by atoms with Gasteiger partial charge in [0.2, 0.25) is 0 Å². The van der Waals surface area contributed by atoms with Gasteiger partial charge in [-0.2, -0.15) is 0 Å². The number of hydrogen-bond donors (Lipinski definition) is 1. The molecule has 2 atom stereocenters. The van der Waals surface area contributed by atoms with Crippen molar-refractivity contribution in [1.82, 2.24) is 10.3 Å². The van der Waals surface area contributed by atoms with E-state index in [4.69, 9.17) is 0 Å². The molecule has 0 aliphatic carbocycles. The highest BCUT2D eigenvalue weighted by Crippen LogP contribution is 2.09. The predicted molar refractivity (Wildman–Crippen MR) is 72.0 cm³/mol. The first-order valence-electron chi connectivity index (χ1n) is 5.79. The van der Waals surface area contributed by atoms with Crippen LogP contribution in [-0.4, -0.2) is 11.0 Å². The van der Waals surface area contributed by atoms with Gasteiger partial charge in [0.25, 0.3) is 0 Å². The summed E-state index contributed by atoms with van der Waals surface area (Å²) in [5, 5.41) is 3.55. The van der Waals surface area contributed by atoms with Crippen LogP contribution in [0.5, 0.6) is 0 Å². The summed E-state index contributed by atoms with van der Waals surface area (Å²) in [4.78, 5) is 4.28. The van der Waals surface area contributed by atoms with E-state index in [1.807, 2.05) is 12.3 Å². The summed E-state index contributed by atoms with van der Waals surface area (Å²) in [5.41, 5.74) is 2.43. The molecular weight excluding hydrogens is 220 g/mol. The molecule has 1 N–H and O–H groups in total. The van der Waals surface area contributed by atoms with Gasteiger partial charge >= 0.3 is 0 Å². The molecule has 1 aromatic rings. The Morgan fingerprint density at radius 3 is 2.62 bits per heavy atom. The second-order valence-electron chi connectivity index (χ2n) is 4.30. The van der Waals surface area contributed by atoms with Gasteiger partial charge in [-0.3, -0.25) is 4.98 Å². The molecule has 2 unspecified atom stereocenters. The predicted octanol–water partition coefficient (Wildman–Crippen LogP) is 3.34. The van der Waals surface area contributed by atoms with Crippen molar-refractivity contribution in [1.29, 1.82) is 0 Å². The van der Waals surface area contributed by atoms with Crippen molar-refractivity contribution in [2.24, 2.45) is 5.92 Å². The van der Waals surface area contributed by atoms with E-state index in [-0.39, 0.29) is 12.4 Å². The van der Waals surface area contributed by atoms with Gasteiger partial charge in [0, 0.05) is 24.5 Å². The summed E-state index contributed by atoms with van der Waals surface area (Å²) in [6.07, 6.45) is 3.07. The Morgan fingerprint density at radius 2 is 2.06 bits per heavy atom. The van der Waals surface area contributed by atoms with Gasteiger partial charge in [0.1, 0.15) is 0 Å². The molecule has 0 saturated carbocycles. The van der Waals surface area contributed by atoms with E-state index in [0.717, 1.165) is 18.2 Å². The molecule has 0 radical (unpaired) electrons. The van der Waals surface area contributed by atoms with E-state index in [9.17, 15) is 0 Å². The van der Waals surface area contributed by atoms with Crippen molar-refractivity contribution in [3.8, 4) is 0 Å². The van der Waals surface area contributed by atoms with Crippen LogP contribution in [0.1, 0.15) is 38.4 Å². The first-order valence-corrected chi connectivity index (χ1v) is 5.79. The second kappa shape index (κ2) is 7.64. The third kappa shape index (κ3) is 4.50. The molecule has 0 spiro atoms. The molecule has 1 rings (SSSR count). The lowest BCUT2D eigenvalue weighted by Gasteiger charge is -2.20. The van der Waals surface area contributed by atoms with E-state index in [0.29, 0.717) is 6.04 Å². The average Bonchev–Trinajstić information content (AvgIpc) is 2.26. The minimum Gasteiger partial charge on any atom is -0.310 e. The summed E-state index contributed by atoms with van der Waals surface area (Å²) in [5.74, 6) is 0.724. The molecule has 0 aromatic carbocycles. The maximum Gasteiger partial charge on any atom is 0.0417 e. The highest BCUT2D eigenvalue weighted by Gasteiger charge is 2.09. The normalized spacial score (nSPS) is 14.0. The number of halogens is 1. The molecule has 0 saturated heterocycles. The lowest BCUT2D eigenvalue weighted by atomic mass is 10.0. The van der Waals surface area contributed by atoms with Gasteiger partial charge in [0.15, 0.2) is 0 Å². The average molecular weight is 243 g/mol. The third-order valence-corrected chi connectivity index (χ3v) is 3.23. The first kappa shape index (κ1) is 15.4. The van der Waals surface area contributed by atoms with Crippen LogP contribution in [0, 0.1) is 12.8 Å². The Bertz CT molecular complexity index is 302. The summed E-state index contributed by atoms with van der Waals surface area (Å²) in [6, 6.07) is 4.70. The number of hydrogen-bond acceptors (Lipinski definition) is 2. The topological polar surface area (TPSA) is 24.9 Å². The molecule has 0 aliphatic heterocycles.